The van der Waals surface area contributed by atoms with Gasteiger partial charge >= 0.3 is 12.0 Å². The van der Waals surface area contributed by atoms with Crippen LogP contribution < -0.4 is 20.1 Å². The van der Waals surface area contributed by atoms with E-state index in [4.69, 9.17) is 14.2 Å². The van der Waals surface area contributed by atoms with Gasteiger partial charge in [-0.1, -0.05) is 13.0 Å². The van der Waals surface area contributed by atoms with Crippen LogP contribution in [-0.4, -0.2) is 44.3 Å². The summed E-state index contributed by atoms with van der Waals surface area (Å²) in [6, 6.07) is 7.92. The third kappa shape index (κ3) is 7.75. The van der Waals surface area contributed by atoms with Gasteiger partial charge in [0.1, 0.15) is 0 Å². The van der Waals surface area contributed by atoms with Gasteiger partial charge in [0.15, 0.2) is 18.1 Å². The highest BCUT2D eigenvalue weighted by Gasteiger charge is 2.15. The molecular weight excluding hydrogens is 408 g/mol. The molecule has 1 heterocycles. The third-order valence-electron chi connectivity index (χ3n) is 3.77. The largest absolute Gasteiger partial charge is 0.490 e. The number of esters is 1. The highest BCUT2D eigenvalue weighted by molar-refractivity contribution is 7.09. The number of urea groups is 1. The Balaban J connectivity index is 1.78. The van der Waals surface area contributed by atoms with Gasteiger partial charge in [0.2, 0.25) is 0 Å². The summed E-state index contributed by atoms with van der Waals surface area (Å²) in [5.74, 6) is -0.460. The van der Waals surface area contributed by atoms with Gasteiger partial charge in [-0.2, -0.15) is 0 Å². The Morgan fingerprint density at radius 3 is 2.60 bits per heavy atom. The maximum Gasteiger partial charge on any atom is 0.338 e. The molecule has 3 amide bonds. The number of carbonyl (C=O) groups excluding carboxylic acids is 3. The molecule has 9 heteroatoms. The second-order valence-electron chi connectivity index (χ2n) is 6.15. The summed E-state index contributed by atoms with van der Waals surface area (Å²) >= 11 is 1.59. The van der Waals surface area contributed by atoms with Crippen molar-refractivity contribution < 1.29 is 28.6 Å². The number of imide groups is 1. The predicted octanol–water partition coefficient (Wildman–Crippen LogP) is 3.16. The number of nitrogens with one attached hydrogen (secondary N) is 2. The van der Waals surface area contributed by atoms with Crippen LogP contribution in [0.15, 0.2) is 35.7 Å². The van der Waals surface area contributed by atoms with Crippen molar-refractivity contribution in [1.29, 1.82) is 0 Å². The highest BCUT2D eigenvalue weighted by atomic mass is 32.1. The molecule has 0 aliphatic rings. The fraction of sp³-hybridized carbons (Fsp3) is 0.381. The van der Waals surface area contributed by atoms with E-state index in [0.717, 1.165) is 11.3 Å². The summed E-state index contributed by atoms with van der Waals surface area (Å²) in [4.78, 5) is 36.9. The van der Waals surface area contributed by atoms with Gasteiger partial charge in [-0.05, 0) is 49.4 Å². The van der Waals surface area contributed by atoms with E-state index in [9.17, 15) is 14.4 Å². The van der Waals surface area contributed by atoms with Gasteiger partial charge in [0.25, 0.3) is 5.91 Å². The van der Waals surface area contributed by atoms with Crippen molar-refractivity contribution in [3.63, 3.8) is 0 Å². The van der Waals surface area contributed by atoms with Crippen molar-refractivity contribution in [2.24, 2.45) is 0 Å². The second-order valence-corrected chi connectivity index (χ2v) is 7.18. The Bertz CT molecular complexity index is 838. The van der Waals surface area contributed by atoms with E-state index < -0.39 is 24.5 Å². The van der Waals surface area contributed by atoms with Crippen molar-refractivity contribution in [2.75, 3.05) is 26.4 Å². The quantitative estimate of drug-likeness (QED) is 0.527. The Labute approximate surface area is 179 Å². The lowest BCUT2D eigenvalue weighted by molar-refractivity contribution is -0.123. The van der Waals surface area contributed by atoms with Gasteiger partial charge in [0.05, 0.1) is 18.8 Å². The molecule has 0 bridgehead atoms. The third-order valence-corrected chi connectivity index (χ3v) is 4.70. The molecule has 1 aromatic carbocycles. The number of amides is 3. The minimum absolute atomic E-state index is 0.218. The first-order valence-corrected chi connectivity index (χ1v) is 10.6. The molecule has 0 spiro atoms. The molecule has 2 aromatic rings. The molecule has 0 radical (unpaired) electrons. The topological polar surface area (TPSA) is 103 Å². The van der Waals surface area contributed by atoms with E-state index in [-0.39, 0.29) is 5.56 Å². The molecule has 30 heavy (non-hydrogen) atoms. The average molecular weight is 435 g/mol. The molecule has 0 aliphatic heterocycles. The lowest BCUT2D eigenvalue weighted by Crippen LogP contribution is -2.42. The zero-order valence-electron chi connectivity index (χ0n) is 17.1. The van der Waals surface area contributed by atoms with Crippen LogP contribution in [0.5, 0.6) is 11.5 Å². The summed E-state index contributed by atoms with van der Waals surface area (Å²) in [7, 11) is 0. The van der Waals surface area contributed by atoms with Gasteiger partial charge in [0, 0.05) is 11.4 Å². The molecule has 1 aromatic heterocycles. The Morgan fingerprint density at radius 1 is 1.07 bits per heavy atom. The first kappa shape index (κ1) is 23.2. The number of hydrogen-bond acceptors (Lipinski definition) is 7. The minimum atomic E-state index is -0.718. The van der Waals surface area contributed by atoms with E-state index in [1.165, 1.54) is 12.1 Å². The van der Waals surface area contributed by atoms with Crippen LogP contribution in [0.3, 0.4) is 0 Å². The monoisotopic (exact) mass is 434 g/mol. The van der Waals surface area contributed by atoms with Gasteiger partial charge in [-0.3, -0.25) is 10.1 Å². The number of benzene rings is 1. The molecule has 0 saturated heterocycles. The second kappa shape index (κ2) is 12.5. The van der Waals surface area contributed by atoms with Gasteiger partial charge in [-0.25, -0.2) is 9.59 Å². The van der Waals surface area contributed by atoms with Gasteiger partial charge in [-0.15, -0.1) is 11.3 Å². The summed E-state index contributed by atoms with van der Waals surface area (Å²) in [6.45, 7) is 4.57. The van der Waals surface area contributed by atoms with Crippen molar-refractivity contribution >= 4 is 29.2 Å². The molecule has 0 aliphatic carbocycles. The summed E-state index contributed by atoms with van der Waals surface area (Å²) < 4.78 is 16.1. The smallest absolute Gasteiger partial charge is 0.338 e. The van der Waals surface area contributed by atoms with Crippen molar-refractivity contribution in [3.05, 3.63) is 46.2 Å². The standard InChI is InChI=1S/C21H26N2O6S/c1-3-11-28-17-8-7-15(13-18(17)27-4-2)20(25)29-14-19(24)23-21(26)22-10-9-16-6-5-12-30-16/h5-8,12-13H,3-4,9-11,14H2,1-2H3,(H2,22,23,24,26). The van der Waals surface area contributed by atoms with E-state index in [0.29, 0.717) is 37.7 Å². The maximum absolute atomic E-state index is 12.2. The fourth-order valence-corrected chi connectivity index (χ4v) is 3.12. The average Bonchev–Trinajstić information content (AvgIpc) is 3.24. The van der Waals surface area contributed by atoms with E-state index in [2.05, 4.69) is 10.6 Å². The number of hydrogen-bond donors (Lipinski definition) is 2. The van der Waals surface area contributed by atoms with Crippen LogP contribution >= 0.6 is 11.3 Å². The zero-order chi connectivity index (χ0) is 21.8. The summed E-state index contributed by atoms with van der Waals surface area (Å²) in [6.07, 6.45) is 1.51. The molecular formula is C21H26N2O6S. The summed E-state index contributed by atoms with van der Waals surface area (Å²) in [5, 5.41) is 6.66. The zero-order valence-corrected chi connectivity index (χ0v) is 17.9. The molecule has 0 unspecified atom stereocenters. The molecule has 8 nitrogen and oxygen atoms in total. The Morgan fingerprint density at radius 2 is 1.90 bits per heavy atom. The number of rotatable bonds is 11. The molecule has 0 saturated carbocycles. The van der Waals surface area contributed by atoms with Crippen LogP contribution in [0.4, 0.5) is 4.79 Å². The van der Waals surface area contributed by atoms with Crippen LogP contribution in [-0.2, 0) is 16.0 Å². The van der Waals surface area contributed by atoms with Crippen LogP contribution in [0.2, 0.25) is 0 Å². The van der Waals surface area contributed by atoms with E-state index in [1.807, 2.05) is 31.4 Å². The summed E-state index contributed by atoms with van der Waals surface area (Å²) in [5.41, 5.74) is 0.218. The fourth-order valence-electron chi connectivity index (χ4n) is 2.41. The number of thiophene rings is 1. The molecule has 0 fully saturated rings. The highest BCUT2D eigenvalue weighted by Crippen LogP contribution is 2.29. The lowest BCUT2D eigenvalue weighted by atomic mass is 10.2. The minimum Gasteiger partial charge on any atom is -0.490 e. The van der Waals surface area contributed by atoms with Crippen molar-refractivity contribution in [2.45, 2.75) is 26.7 Å². The molecule has 2 rings (SSSR count). The Hall–Kier alpha value is -3.07. The van der Waals surface area contributed by atoms with E-state index >= 15 is 0 Å². The number of carbonyl (C=O) groups is 3. The maximum atomic E-state index is 12.2. The van der Waals surface area contributed by atoms with Crippen LogP contribution in [0, 0.1) is 0 Å². The Kier molecular flexibility index (Phi) is 9.66. The van der Waals surface area contributed by atoms with Gasteiger partial charge < -0.3 is 19.5 Å². The first-order chi connectivity index (χ1) is 14.5. The molecule has 0 atom stereocenters. The van der Waals surface area contributed by atoms with E-state index in [1.54, 1.807) is 17.4 Å². The lowest BCUT2D eigenvalue weighted by Gasteiger charge is -2.13. The SMILES string of the molecule is CCCOc1ccc(C(=O)OCC(=O)NC(=O)NCCc2cccs2)cc1OCC. The molecule has 2 N–H and O–H groups in total. The van der Waals surface area contributed by atoms with Crippen molar-refractivity contribution in [1.82, 2.24) is 10.6 Å². The predicted molar refractivity (Wildman–Crippen MR) is 113 cm³/mol. The van der Waals surface area contributed by atoms with Crippen LogP contribution in [0.1, 0.15) is 35.5 Å². The van der Waals surface area contributed by atoms with Crippen LogP contribution in [0.25, 0.3) is 0 Å². The number of ether oxygens (including phenoxy) is 3. The van der Waals surface area contributed by atoms with Crippen molar-refractivity contribution in [3.8, 4) is 11.5 Å². The first-order valence-electron chi connectivity index (χ1n) is 9.70. The molecule has 162 valence electrons. The normalized spacial score (nSPS) is 10.2.